The first-order valence-corrected chi connectivity index (χ1v) is 2.77. The van der Waals surface area contributed by atoms with E-state index in [1.54, 1.807) is 0 Å². The van der Waals surface area contributed by atoms with E-state index in [1.807, 2.05) is 0 Å². The molecule has 0 aromatic rings. The normalized spacial score (nSPS) is 12.0. The van der Waals surface area contributed by atoms with Gasteiger partial charge < -0.3 is 0 Å². The maximum atomic E-state index is 5.24. The number of hydrogen-bond acceptors (Lipinski definition) is 0. The molecule has 0 aliphatic heterocycles. The molecule has 0 bridgehead atoms. The Hall–Kier alpha value is 0.290. The minimum atomic E-state index is 0.307. The molecule has 0 saturated heterocycles. The van der Waals surface area contributed by atoms with Crippen LogP contribution in [0.25, 0.3) is 0 Å². The first kappa shape index (κ1) is 7.29. The molecule has 0 N–H and O–H groups in total. The van der Waals surface area contributed by atoms with Crippen LogP contribution in [0.3, 0.4) is 0 Å². The lowest BCUT2D eigenvalue weighted by molar-refractivity contribution is 0.415. The second-order valence-electron chi connectivity index (χ2n) is 2.87. The van der Waals surface area contributed by atoms with Crippen molar-refractivity contribution in [1.82, 2.24) is 0 Å². The van der Waals surface area contributed by atoms with Crippen molar-refractivity contribution in [2.24, 2.45) is 5.41 Å². The maximum absolute atomic E-state index is 5.24. The minimum Gasteiger partial charge on any atom is -0.115 e. The van der Waals surface area contributed by atoms with Gasteiger partial charge in [-0.25, -0.2) is 0 Å². The summed E-state index contributed by atoms with van der Waals surface area (Å²) >= 11 is 5.24. The van der Waals surface area contributed by atoms with Crippen LogP contribution in [0.15, 0.2) is 0 Å². The Morgan fingerprint density at radius 2 is 1.86 bits per heavy atom. The van der Waals surface area contributed by atoms with Crippen molar-refractivity contribution in [2.75, 3.05) is 0 Å². The van der Waals surface area contributed by atoms with Crippen molar-refractivity contribution >= 4 is 11.6 Å². The molecule has 0 fully saturated rings. The second-order valence-corrected chi connectivity index (χ2v) is 3.14. The van der Waals surface area contributed by atoms with E-state index in [-0.39, 0.29) is 0 Å². The first-order valence-electron chi connectivity index (χ1n) is 2.40. The van der Waals surface area contributed by atoms with E-state index in [2.05, 4.69) is 26.7 Å². The molecule has 0 aromatic carbocycles. The van der Waals surface area contributed by atoms with E-state index < -0.39 is 0 Å². The molecule has 0 unspecified atom stereocenters. The molecule has 0 aromatic heterocycles. The summed E-state index contributed by atoms with van der Waals surface area (Å²) in [4.78, 5) is 0. The molecule has 0 aliphatic rings. The first-order chi connectivity index (χ1) is 3.06. The fraction of sp³-hybridized carbons (Fsp3) is 0.833. The van der Waals surface area contributed by atoms with E-state index >= 15 is 0 Å². The molecule has 0 saturated carbocycles. The van der Waals surface area contributed by atoms with E-state index in [1.165, 1.54) is 0 Å². The van der Waals surface area contributed by atoms with Gasteiger partial charge >= 0.3 is 0 Å². The van der Waals surface area contributed by atoms with E-state index in [4.69, 9.17) is 11.6 Å². The molecular formula is C6H11Cl. The standard InChI is InChI=1S/C6H11Cl/c1-6(2,3)4-5-7/h4H2,1-3H3. The highest BCUT2D eigenvalue weighted by Crippen LogP contribution is 2.20. The summed E-state index contributed by atoms with van der Waals surface area (Å²) in [7, 11) is 0. The van der Waals surface area contributed by atoms with Gasteiger partial charge in [-0.1, -0.05) is 20.8 Å². The van der Waals surface area contributed by atoms with Gasteiger partial charge in [0.2, 0.25) is 0 Å². The molecule has 0 spiro atoms. The quantitative estimate of drug-likeness (QED) is 0.497. The van der Waals surface area contributed by atoms with Crippen molar-refractivity contribution in [1.29, 1.82) is 0 Å². The highest BCUT2D eigenvalue weighted by molar-refractivity contribution is 6.23. The highest BCUT2D eigenvalue weighted by atomic mass is 35.5. The van der Waals surface area contributed by atoms with Crippen LogP contribution in [-0.2, 0) is 0 Å². The third-order valence-electron chi connectivity index (χ3n) is 0.597. The van der Waals surface area contributed by atoms with Crippen LogP contribution in [-0.4, -0.2) is 0 Å². The smallest absolute Gasteiger partial charge is 0.0869 e. The third kappa shape index (κ3) is 6.29. The van der Waals surface area contributed by atoms with Crippen LogP contribution in [0.4, 0.5) is 0 Å². The van der Waals surface area contributed by atoms with Crippen LogP contribution >= 0.6 is 11.6 Å². The SMILES string of the molecule is CC(C)(C)C[C]Cl. The summed E-state index contributed by atoms with van der Waals surface area (Å²) in [5.41, 5.74) is 0.307. The average molecular weight is 119 g/mol. The zero-order valence-electron chi connectivity index (χ0n) is 5.09. The van der Waals surface area contributed by atoms with E-state index in [0.717, 1.165) is 6.42 Å². The second kappa shape index (κ2) is 2.56. The Kier molecular flexibility index (Phi) is 2.67. The van der Waals surface area contributed by atoms with Crippen molar-refractivity contribution in [3.8, 4) is 0 Å². The van der Waals surface area contributed by atoms with Crippen LogP contribution in [0.1, 0.15) is 27.2 Å². The van der Waals surface area contributed by atoms with Crippen LogP contribution in [0.2, 0.25) is 0 Å². The summed E-state index contributed by atoms with van der Waals surface area (Å²) in [5.74, 6) is 2.58. The van der Waals surface area contributed by atoms with Crippen molar-refractivity contribution in [3.05, 3.63) is 5.88 Å². The fourth-order valence-corrected chi connectivity index (χ4v) is 0.601. The molecule has 0 aliphatic carbocycles. The topological polar surface area (TPSA) is 0 Å². The summed E-state index contributed by atoms with van der Waals surface area (Å²) in [5, 5.41) is 0. The molecule has 42 valence electrons. The predicted molar refractivity (Wildman–Crippen MR) is 33.2 cm³/mol. The van der Waals surface area contributed by atoms with E-state index in [9.17, 15) is 0 Å². The zero-order valence-corrected chi connectivity index (χ0v) is 5.84. The summed E-state index contributed by atoms with van der Waals surface area (Å²) in [6, 6.07) is 0. The van der Waals surface area contributed by atoms with E-state index in [0.29, 0.717) is 5.41 Å². The molecule has 1 heteroatoms. The van der Waals surface area contributed by atoms with Crippen LogP contribution < -0.4 is 0 Å². The molecule has 2 radical (unpaired) electrons. The van der Waals surface area contributed by atoms with Gasteiger partial charge in [-0.3, -0.25) is 0 Å². The highest BCUT2D eigenvalue weighted by Gasteiger charge is 2.07. The Morgan fingerprint density at radius 1 is 1.43 bits per heavy atom. The lowest BCUT2D eigenvalue weighted by Gasteiger charge is -2.13. The minimum absolute atomic E-state index is 0.307. The summed E-state index contributed by atoms with van der Waals surface area (Å²) in [6.45, 7) is 6.38. The molecule has 0 nitrogen and oxygen atoms in total. The molecule has 0 rings (SSSR count). The van der Waals surface area contributed by atoms with Gasteiger partial charge in [0, 0.05) is 0 Å². The van der Waals surface area contributed by atoms with Gasteiger partial charge in [-0.15, -0.1) is 11.6 Å². The van der Waals surface area contributed by atoms with Gasteiger partial charge in [0.15, 0.2) is 0 Å². The van der Waals surface area contributed by atoms with Gasteiger partial charge in [-0.05, 0) is 11.8 Å². The molecule has 7 heavy (non-hydrogen) atoms. The summed E-state index contributed by atoms with van der Waals surface area (Å²) in [6.07, 6.45) is 0.856. The monoisotopic (exact) mass is 118 g/mol. The summed E-state index contributed by atoms with van der Waals surface area (Å²) < 4.78 is 0. The molecule has 0 atom stereocenters. The lowest BCUT2D eigenvalue weighted by Crippen LogP contribution is -2.02. The van der Waals surface area contributed by atoms with Crippen molar-refractivity contribution in [2.45, 2.75) is 27.2 Å². The Morgan fingerprint density at radius 3 is 1.86 bits per heavy atom. The van der Waals surface area contributed by atoms with Gasteiger partial charge in [0.25, 0.3) is 0 Å². The third-order valence-corrected chi connectivity index (χ3v) is 0.731. The average Bonchev–Trinajstić information content (AvgIpc) is 1.30. The maximum Gasteiger partial charge on any atom is 0.0869 e. The van der Waals surface area contributed by atoms with Crippen molar-refractivity contribution < 1.29 is 0 Å². The Labute approximate surface area is 50.9 Å². The molecule has 0 amide bonds. The van der Waals surface area contributed by atoms with Gasteiger partial charge in [0.1, 0.15) is 0 Å². The van der Waals surface area contributed by atoms with Crippen molar-refractivity contribution in [3.63, 3.8) is 0 Å². The van der Waals surface area contributed by atoms with Gasteiger partial charge in [0.05, 0.1) is 5.88 Å². The Bertz CT molecular complexity index is 42.6. The fourth-order valence-electron chi connectivity index (χ4n) is 0.200. The van der Waals surface area contributed by atoms with Gasteiger partial charge in [-0.2, -0.15) is 0 Å². The molecular weight excluding hydrogens is 108 g/mol. The predicted octanol–water partition coefficient (Wildman–Crippen LogP) is 2.70. The zero-order chi connectivity index (χ0) is 5.91. The number of rotatable bonds is 1. The van der Waals surface area contributed by atoms with Crippen LogP contribution in [0.5, 0.6) is 0 Å². The largest absolute Gasteiger partial charge is 0.115 e. The number of hydrogen-bond donors (Lipinski definition) is 0. The van der Waals surface area contributed by atoms with Crippen LogP contribution in [0, 0.1) is 11.3 Å². The Balaban J connectivity index is 3.15. The number of halogens is 1. The molecule has 0 heterocycles. The lowest BCUT2D eigenvalue weighted by atomic mass is 9.94.